The summed E-state index contributed by atoms with van der Waals surface area (Å²) in [5.41, 5.74) is 1.13. The molecular formula is C13H19ClN2OS. The van der Waals surface area contributed by atoms with Gasteiger partial charge in [-0.2, -0.15) is 0 Å². The summed E-state index contributed by atoms with van der Waals surface area (Å²) < 4.78 is 0. The minimum Gasteiger partial charge on any atom is -0.358 e. The van der Waals surface area contributed by atoms with Crippen molar-refractivity contribution in [2.45, 2.75) is 31.3 Å². The number of benzene rings is 1. The molecule has 1 aromatic rings. The van der Waals surface area contributed by atoms with E-state index in [0.717, 1.165) is 22.0 Å². The maximum absolute atomic E-state index is 11.3. The average Bonchev–Trinajstić information content (AvgIpc) is 2.34. The molecule has 0 aliphatic rings. The van der Waals surface area contributed by atoms with Crippen molar-refractivity contribution in [3.63, 3.8) is 0 Å². The van der Waals surface area contributed by atoms with Crippen LogP contribution in [0, 0.1) is 0 Å². The molecule has 1 rings (SSSR count). The van der Waals surface area contributed by atoms with E-state index in [9.17, 15) is 4.79 Å². The molecule has 0 aromatic heterocycles. The topological polar surface area (TPSA) is 41.1 Å². The highest BCUT2D eigenvalue weighted by atomic mass is 35.5. The third kappa shape index (κ3) is 5.29. The summed E-state index contributed by atoms with van der Waals surface area (Å²) >= 11 is 7.54. The zero-order chi connectivity index (χ0) is 13.5. The monoisotopic (exact) mass is 286 g/mol. The second kappa shape index (κ2) is 7.67. The van der Waals surface area contributed by atoms with E-state index in [1.807, 2.05) is 18.2 Å². The lowest BCUT2D eigenvalue weighted by atomic mass is 10.2. The molecule has 100 valence electrons. The molecule has 0 fully saturated rings. The molecule has 3 nitrogen and oxygen atoms in total. The Hall–Kier alpha value is -0.710. The molecule has 0 saturated heterocycles. The van der Waals surface area contributed by atoms with E-state index >= 15 is 0 Å². The lowest BCUT2D eigenvalue weighted by Gasteiger charge is -2.12. The number of carbonyl (C=O) groups excluding carboxylic acids is 1. The zero-order valence-corrected chi connectivity index (χ0v) is 12.5. The molecule has 18 heavy (non-hydrogen) atoms. The predicted molar refractivity (Wildman–Crippen MR) is 78.2 cm³/mol. The van der Waals surface area contributed by atoms with Crippen LogP contribution in [0.1, 0.15) is 19.4 Å². The Morgan fingerprint density at radius 3 is 2.78 bits per heavy atom. The van der Waals surface area contributed by atoms with E-state index in [0.29, 0.717) is 11.8 Å². The fourth-order valence-corrected chi connectivity index (χ4v) is 2.46. The van der Waals surface area contributed by atoms with Gasteiger partial charge in [0.05, 0.1) is 5.75 Å². The van der Waals surface area contributed by atoms with Crippen molar-refractivity contribution in [2.75, 3.05) is 12.8 Å². The van der Waals surface area contributed by atoms with Crippen LogP contribution in [-0.2, 0) is 11.3 Å². The first-order valence-electron chi connectivity index (χ1n) is 5.88. The van der Waals surface area contributed by atoms with Gasteiger partial charge in [0.2, 0.25) is 5.91 Å². The van der Waals surface area contributed by atoms with E-state index < -0.39 is 0 Å². The van der Waals surface area contributed by atoms with Gasteiger partial charge in [-0.05, 0) is 23.8 Å². The highest BCUT2D eigenvalue weighted by molar-refractivity contribution is 8.00. The summed E-state index contributed by atoms with van der Waals surface area (Å²) in [6.45, 7) is 4.96. The Morgan fingerprint density at radius 2 is 2.17 bits per heavy atom. The number of thioether (sulfide) groups is 1. The first-order chi connectivity index (χ1) is 8.52. The second-order valence-electron chi connectivity index (χ2n) is 4.25. The van der Waals surface area contributed by atoms with Crippen LogP contribution in [-0.4, -0.2) is 24.7 Å². The second-order valence-corrected chi connectivity index (χ2v) is 5.70. The minimum absolute atomic E-state index is 0.0257. The molecule has 0 aliphatic carbocycles. The summed E-state index contributed by atoms with van der Waals surface area (Å²) in [6.07, 6.45) is 0. The van der Waals surface area contributed by atoms with Crippen molar-refractivity contribution < 1.29 is 4.79 Å². The molecule has 1 aromatic carbocycles. The van der Waals surface area contributed by atoms with Crippen LogP contribution < -0.4 is 10.6 Å². The van der Waals surface area contributed by atoms with Gasteiger partial charge < -0.3 is 10.6 Å². The van der Waals surface area contributed by atoms with Crippen LogP contribution in [0.2, 0.25) is 5.02 Å². The molecular weight excluding hydrogens is 268 g/mol. The fraction of sp³-hybridized carbons (Fsp3) is 0.462. The average molecular weight is 287 g/mol. The minimum atomic E-state index is 0.0257. The Morgan fingerprint density at radius 1 is 1.44 bits per heavy atom. The molecule has 0 bridgehead atoms. The summed E-state index contributed by atoms with van der Waals surface area (Å²) in [4.78, 5) is 12.3. The van der Waals surface area contributed by atoms with Gasteiger partial charge in [0.15, 0.2) is 0 Å². The summed E-state index contributed by atoms with van der Waals surface area (Å²) in [5.74, 6) is 0.449. The van der Waals surface area contributed by atoms with Crippen LogP contribution in [0.15, 0.2) is 23.1 Å². The van der Waals surface area contributed by atoms with Crippen molar-refractivity contribution in [3.8, 4) is 0 Å². The van der Waals surface area contributed by atoms with E-state index in [1.165, 1.54) is 11.8 Å². The van der Waals surface area contributed by atoms with Crippen LogP contribution in [0.5, 0.6) is 0 Å². The fourth-order valence-electron chi connectivity index (χ4n) is 1.36. The van der Waals surface area contributed by atoms with Crippen LogP contribution in [0.25, 0.3) is 0 Å². The third-order valence-electron chi connectivity index (χ3n) is 2.36. The largest absolute Gasteiger partial charge is 0.358 e. The normalized spacial score (nSPS) is 10.7. The lowest BCUT2D eigenvalue weighted by molar-refractivity contribution is -0.118. The highest BCUT2D eigenvalue weighted by Gasteiger charge is 2.07. The highest BCUT2D eigenvalue weighted by Crippen LogP contribution is 2.25. The molecule has 0 radical (unpaired) electrons. The van der Waals surface area contributed by atoms with Crippen LogP contribution in [0.3, 0.4) is 0 Å². The van der Waals surface area contributed by atoms with Crippen LogP contribution >= 0.6 is 23.4 Å². The first-order valence-corrected chi connectivity index (χ1v) is 7.24. The Balaban J connectivity index is 2.72. The number of amides is 1. The molecule has 5 heteroatoms. The maximum atomic E-state index is 11.3. The van der Waals surface area contributed by atoms with Gasteiger partial charge in [-0.3, -0.25) is 4.79 Å². The molecule has 0 saturated carbocycles. The number of rotatable bonds is 6. The molecule has 0 spiro atoms. The van der Waals surface area contributed by atoms with E-state index in [-0.39, 0.29) is 5.91 Å². The number of halogens is 1. The Bertz CT molecular complexity index is 410. The van der Waals surface area contributed by atoms with Gasteiger partial charge in [0, 0.05) is 29.6 Å². The third-order valence-corrected chi connectivity index (χ3v) is 3.71. The molecule has 0 atom stereocenters. The number of nitrogens with one attached hydrogen (secondary N) is 2. The first kappa shape index (κ1) is 15.3. The molecule has 0 unspecified atom stereocenters. The van der Waals surface area contributed by atoms with E-state index in [2.05, 4.69) is 24.5 Å². The molecule has 0 aliphatic heterocycles. The van der Waals surface area contributed by atoms with Gasteiger partial charge >= 0.3 is 0 Å². The molecule has 0 heterocycles. The SMILES string of the molecule is CNC(=O)CSc1ccc(Cl)cc1CNC(C)C. The summed E-state index contributed by atoms with van der Waals surface area (Å²) in [7, 11) is 1.64. The smallest absolute Gasteiger partial charge is 0.230 e. The molecule has 2 N–H and O–H groups in total. The maximum Gasteiger partial charge on any atom is 0.230 e. The van der Waals surface area contributed by atoms with Crippen molar-refractivity contribution in [1.29, 1.82) is 0 Å². The Labute approximate surface area is 118 Å². The summed E-state index contributed by atoms with van der Waals surface area (Å²) in [6, 6.07) is 6.18. The number of hydrogen-bond donors (Lipinski definition) is 2. The van der Waals surface area contributed by atoms with Gasteiger partial charge in [0.1, 0.15) is 0 Å². The van der Waals surface area contributed by atoms with Crippen LogP contribution in [0.4, 0.5) is 0 Å². The number of carbonyl (C=O) groups is 1. The van der Waals surface area contributed by atoms with Crippen molar-refractivity contribution in [1.82, 2.24) is 10.6 Å². The standard InChI is InChI=1S/C13H19ClN2OS/c1-9(2)16-7-10-6-11(14)4-5-12(10)18-8-13(17)15-3/h4-6,9,16H,7-8H2,1-3H3,(H,15,17). The van der Waals surface area contributed by atoms with Gasteiger partial charge in [-0.25, -0.2) is 0 Å². The lowest BCUT2D eigenvalue weighted by Crippen LogP contribution is -2.22. The van der Waals surface area contributed by atoms with Gasteiger partial charge in [-0.1, -0.05) is 25.4 Å². The Kier molecular flexibility index (Phi) is 6.54. The van der Waals surface area contributed by atoms with Crippen molar-refractivity contribution in [3.05, 3.63) is 28.8 Å². The molecule has 1 amide bonds. The van der Waals surface area contributed by atoms with E-state index in [1.54, 1.807) is 7.05 Å². The van der Waals surface area contributed by atoms with Crippen molar-refractivity contribution in [2.24, 2.45) is 0 Å². The predicted octanol–water partition coefficient (Wildman–Crippen LogP) is 2.68. The van der Waals surface area contributed by atoms with Crippen molar-refractivity contribution >= 4 is 29.3 Å². The summed E-state index contributed by atoms with van der Waals surface area (Å²) in [5, 5.41) is 6.70. The zero-order valence-electron chi connectivity index (χ0n) is 10.9. The van der Waals surface area contributed by atoms with E-state index in [4.69, 9.17) is 11.6 Å². The van der Waals surface area contributed by atoms with Gasteiger partial charge in [0.25, 0.3) is 0 Å². The number of hydrogen-bond acceptors (Lipinski definition) is 3. The quantitative estimate of drug-likeness (QED) is 0.790. The van der Waals surface area contributed by atoms with Gasteiger partial charge in [-0.15, -0.1) is 11.8 Å².